The molecule has 3 rings (SSSR count). The van der Waals surface area contributed by atoms with Crippen molar-refractivity contribution in [2.24, 2.45) is 5.92 Å². The zero-order valence-corrected chi connectivity index (χ0v) is 16.5. The predicted molar refractivity (Wildman–Crippen MR) is 99.6 cm³/mol. The van der Waals surface area contributed by atoms with Gasteiger partial charge in [0.15, 0.2) is 0 Å². The topological polar surface area (TPSA) is 97.4 Å². The van der Waals surface area contributed by atoms with Crippen molar-refractivity contribution in [2.45, 2.75) is 51.2 Å². The third kappa shape index (κ3) is 4.41. The first kappa shape index (κ1) is 19.6. The van der Waals surface area contributed by atoms with Gasteiger partial charge in [0.2, 0.25) is 5.03 Å². The number of furan rings is 1. The maximum Gasteiger partial charge on any atom is 0.263 e. The highest BCUT2D eigenvalue weighted by atomic mass is 32.2. The van der Waals surface area contributed by atoms with Crippen LogP contribution in [0.15, 0.2) is 34.0 Å². The fraction of sp³-hybridized carbons (Fsp3) is 0.556. The van der Waals surface area contributed by atoms with Crippen LogP contribution in [-0.2, 0) is 23.1 Å². The highest BCUT2D eigenvalue weighted by Gasteiger charge is 2.34. The van der Waals surface area contributed by atoms with Crippen molar-refractivity contribution in [3.8, 4) is 0 Å². The Balaban J connectivity index is 1.85. The van der Waals surface area contributed by atoms with Crippen LogP contribution in [0.2, 0.25) is 0 Å². The molecule has 0 radical (unpaired) electrons. The van der Waals surface area contributed by atoms with E-state index >= 15 is 0 Å². The summed E-state index contributed by atoms with van der Waals surface area (Å²) in [5.74, 6) is 0.626. The molecule has 0 spiro atoms. The molecule has 1 aliphatic heterocycles. The second kappa shape index (κ2) is 8.26. The fourth-order valence-corrected chi connectivity index (χ4v) is 4.68. The van der Waals surface area contributed by atoms with E-state index in [-0.39, 0.29) is 17.1 Å². The first-order valence-corrected chi connectivity index (χ1v) is 10.7. The summed E-state index contributed by atoms with van der Waals surface area (Å²) in [4.78, 5) is 12.7. The van der Waals surface area contributed by atoms with Crippen molar-refractivity contribution in [3.63, 3.8) is 0 Å². The molecule has 9 heteroatoms. The van der Waals surface area contributed by atoms with E-state index < -0.39 is 15.9 Å². The third-order valence-corrected chi connectivity index (χ3v) is 6.59. The Hall–Kier alpha value is -2.13. The maximum atomic E-state index is 13.1. The molecule has 0 aromatic carbocycles. The molecular weight excluding hydrogens is 368 g/mol. The Kier molecular flexibility index (Phi) is 6.01. The van der Waals surface area contributed by atoms with Crippen molar-refractivity contribution < 1.29 is 17.6 Å². The van der Waals surface area contributed by atoms with Gasteiger partial charge in [-0.2, -0.15) is 9.40 Å². The highest BCUT2D eigenvalue weighted by Crippen LogP contribution is 2.25. The first-order chi connectivity index (χ1) is 12.9. The Morgan fingerprint density at radius 2 is 2.11 bits per heavy atom. The SMILES string of the molecule is CCCn1cc(C(=O)NCc2ccco2)c(S(=O)(=O)N2CCC(C)CC2)n1. The van der Waals surface area contributed by atoms with Crippen LogP contribution in [0.5, 0.6) is 0 Å². The number of nitrogens with zero attached hydrogens (tertiary/aromatic N) is 3. The van der Waals surface area contributed by atoms with E-state index in [9.17, 15) is 13.2 Å². The minimum atomic E-state index is -3.81. The minimum Gasteiger partial charge on any atom is -0.467 e. The van der Waals surface area contributed by atoms with E-state index in [4.69, 9.17) is 4.42 Å². The lowest BCUT2D eigenvalue weighted by molar-refractivity contribution is 0.0944. The zero-order valence-electron chi connectivity index (χ0n) is 15.7. The standard InChI is InChI=1S/C18H26N4O4S/c1-3-8-21-13-16(17(23)19-12-15-5-4-11-26-15)18(20-21)27(24,25)22-9-6-14(2)7-10-22/h4-5,11,13-14H,3,6-10,12H2,1-2H3,(H,19,23). The molecule has 0 aliphatic carbocycles. The molecule has 0 saturated carbocycles. The van der Waals surface area contributed by atoms with Gasteiger partial charge >= 0.3 is 0 Å². The number of nitrogens with one attached hydrogen (secondary N) is 1. The van der Waals surface area contributed by atoms with Gasteiger partial charge in [-0.3, -0.25) is 9.48 Å². The van der Waals surface area contributed by atoms with Gasteiger partial charge in [-0.15, -0.1) is 0 Å². The predicted octanol–water partition coefficient (Wildman–Crippen LogP) is 2.24. The lowest BCUT2D eigenvalue weighted by Gasteiger charge is -2.28. The van der Waals surface area contributed by atoms with E-state index in [1.165, 1.54) is 21.4 Å². The summed E-state index contributed by atoms with van der Waals surface area (Å²) in [5, 5.41) is 6.78. The average molecular weight is 394 g/mol. The van der Waals surface area contributed by atoms with E-state index in [1.807, 2.05) is 6.92 Å². The number of sulfonamides is 1. The maximum absolute atomic E-state index is 13.1. The minimum absolute atomic E-state index is 0.0774. The quantitative estimate of drug-likeness (QED) is 0.777. The average Bonchev–Trinajstić information content (AvgIpc) is 3.30. The summed E-state index contributed by atoms with van der Waals surface area (Å²) in [6, 6.07) is 3.47. The van der Waals surface area contributed by atoms with Crippen LogP contribution >= 0.6 is 0 Å². The molecule has 8 nitrogen and oxygen atoms in total. The lowest BCUT2D eigenvalue weighted by Crippen LogP contribution is -2.39. The van der Waals surface area contributed by atoms with Crippen LogP contribution in [0, 0.1) is 5.92 Å². The smallest absolute Gasteiger partial charge is 0.263 e. The Bertz CT molecular complexity index is 865. The molecule has 0 atom stereocenters. The highest BCUT2D eigenvalue weighted by molar-refractivity contribution is 7.89. The van der Waals surface area contributed by atoms with Gasteiger partial charge in [-0.05, 0) is 37.3 Å². The summed E-state index contributed by atoms with van der Waals surface area (Å²) in [7, 11) is -3.81. The fourth-order valence-electron chi connectivity index (χ4n) is 3.12. The lowest BCUT2D eigenvalue weighted by atomic mass is 10.0. The van der Waals surface area contributed by atoms with E-state index in [2.05, 4.69) is 17.3 Å². The molecule has 1 aliphatic rings. The Morgan fingerprint density at radius 1 is 1.37 bits per heavy atom. The molecule has 1 fully saturated rings. The van der Waals surface area contributed by atoms with E-state index in [1.54, 1.807) is 12.1 Å². The van der Waals surface area contributed by atoms with Crippen molar-refractivity contribution in [3.05, 3.63) is 35.9 Å². The van der Waals surface area contributed by atoms with Gasteiger partial charge in [0.1, 0.15) is 5.76 Å². The monoisotopic (exact) mass is 394 g/mol. The first-order valence-electron chi connectivity index (χ1n) is 9.30. The molecular formula is C18H26N4O4S. The molecule has 0 bridgehead atoms. The summed E-state index contributed by atoms with van der Waals surface area (Å²) >= 11 is 0. The number of piperidine rings is 1. The zero-order chi connectivity index (χ0) is 19.4. The Morgan fingerprint density at radius 3 is 2.74 bits per heavy atom. The number of aromatic nitrogens is 2. The molecule has 1 N–H and O–H groups in total. The molecule has 0 unspecified atom stereocenters. The molecule has 1 amide bonds. The normalized spacial score (nSPS) is 16.5. The van der Waals surface area contributed by atoms with Gasteiger partial charge in [-0.25, -0.2) is 8.42 Å². The molecule has 3 heterocycles. The number of carbonyl (C=O) groups is 1. The van der Waals surface area contributed by atoms with Gasteiger partial charge < -0.3 is 9.73 Å². The molecule has 2 aromatic rings. The van der Waals surface area contributed by atoms with Crippen LogP contribution in [-0.4, -0.2) is 41.5 Å². The van der Waals surface area contributed by atoms with Crippen LogP contribution in [0.1, 0.15) is 49.2 Å². The van der Waals surface area contributed by atoms with E-state index in [0.717, 1.165) is 19.3 Å². The van der Waals surface area contributed by atoms with Gasteiger partial charge in [0, 0.05) is 25.8 Å². The number of aryl methyl sites for hydroxylation is 1. The van der Waals surface area contributed by atoms with Crippen molar-refractivity contribution in [1.82, 2.24) is 19.4 Å². The summed E-state index contributed by atoms with van der Waals surface area (Å²) in [6.07, 6.45) is 5.45. The molecule has 148 valence electrons. The Labute approximate surface area is 159 Å². The van der Waals surface area contributed by atoms with E-state index in [0.29, 0.717) is 31.3 Å². The van der Waals surface area contributed by atoms with Crippen LogP contribution in [0.25, 0.3) is 0 Å². The van der Waals surface area contributed by atoms with Crippen LogP contribution in [0.3, 0.4) is 0 Å². The summed E-state index contributed by atoms with van der Waals surface area (Å²) < 4.78 is 34.4. The second-order valence-electron chi connectivity index (χ2n) is 6.96. The van der Waals surface area contributed by atoms with Crippen molar-refractivity contribution in [1.29, 1.82) is 0 Å². The third-order valence-electron chi connectivity index (χ3n) is 4.76. The van der Waals surface area contributed by atoms with Crippen LogP contribution in [0.4, 0.5) is 0 Å². The summed E-state index contributed by atoms with van der Waals surface area (Å²) in [5.41, 5.74) is 0.0774. The summed E-state index contributed by atoms with van der Waals surface area (Å²) in [6.45, 7) is 5.73. The number of rotatable bonds is 7. The number of hydrogen-bond donors (Lipinski definition) is 1. The second-order valence-corrected chi connectivity index (χ2v) is 8.81. The molecule has 27 heavy (non-hydrogen) atoms. The van der Waals surface area contributed by atoms with Crippen LogP contribution < -0.4 is 5.32 Å². The molecule has 2 aromatic heterocycles. The van der Waals surface area contributed by atoms with Gasteiger partial charge in [-0.1, -0.05) is 13.8 Å². The largest absolute Gasteiger partial charge is 0.467 e. The van der Waals surface area contributed by atoms with Gasteiger partial charge in [0.05, 0.1) is 18.4 Å². The number of hydrogen-bond acceptors (Lipinski definition) is 5. The van der Waals surface area contributed by atoms with Crippen molar-refractivity contribution >= 4 is 15.9 Å². The molecule has 1 saturated heterocycles. The number of carbonyl (C=O) groups excluding carboxylic acids is 1. The van der Waals surface area contributed by atoms with Crippen molar-refractivity contribution in [2.75, 3.05) is 13.1 Å². The number of amides is 1. The van der Waals surface area contributed by atoms with Gasteiger partial charge in [0.25, 0.3) is 15.9 Å².